The molecule has 60 valence electrons. The van der Waals surface area contributed by atoms with E-state index in [1.54, 1.807) is 0 Å². The highest BCUT2D eigenvalue weighted by Gasteiger charge is 2.26. The number of hydrogen-bond donors (Lipinski definition) is 0. The Morgan fingerprint density at radius 2 is 2.36 bits per heavy atom. The second-order valence-electron chi connectivity index (χ2n) is 2.95. The molecule has 3 heteroatoms. The minimum Gasteiger partial charge on any atom is -0.369 e. The molecule has 1 aliphatic carbocycles. The summed E-state index contributed by atoms with van der Waals surface area (Å²) in [6, 6.07) is 0. The van der Waals surface area contributed by atoms with Crippen molar-refractivity contribution < 1.29 is 4.74 Å². The highest BCUT2D eigenvalue weighted by atomic mass is 79.9. The molecule has 1 saturated carbocycles. The summed E-state index contributed by atoms with van der Waals surface area (Å²) in [6.45, 7) is 0. The van der Waals surface area contributed by atoms with Gasteiger partial charge in [-0.3, -0.25) is 4.99 Å². The summed E-state index contributed by atoms with van der Waals surface area (Å²) in [5, 5.41) is 0. The van der Waals surface area contributed by atoms with Crippen LogP contribution in [-0.2, 0) is 4.74 Å². The molecular weight excluding hydrogens is 206 g/mol. The van der Waals surface area contributed by atoms with Crippen LogP contribution in [0, 0.1) is 0 Å². The first-order valence-corrected chi connectivity index (χ1v) is 4.67. The fourth-order valence-electron chi connectivity index (χ4n) is 1.05. The van der Waals surface area contributed by atoms with E-state index in [4.69, 9.17) is 4.74 Å². The third kappa shape index (κ3) is 2.14. The van der Waals surface area contributed by atoms with Gasteiger partial charge in [0.05, 0.1) is 12.2 Å². The summed E-state index contributed by atoms with van der Waals surface area (Å²) in [7, 11) is 0. The lowest BCUT2D eigenvalue weighted by Gasteiger charge is -2.14. The van der Waals surface area contributed by atoms with Crippen LogP contribution in [0.15, 0.2) is 15.7 Å². The SMILES string of the molecule is BrC1=CN=CC(OC2CC2)C1. The Morgan fingerprint density at radius 1 is 1.55 bits per heavy atom. The van der Waals surface area contributed by atoms with Crippen molar-refractivity contribution in [1.29, 1.82) is 0 Å². The van der Waals surface area contributed by atoms with Crippen LogP contribution in [0.1, 0.15) is 19.3 Å². The fourth-order valence-corrected chi connectivity index (χ4v) is 1.49. The van der Waals surface area contributed by atoms with E-state index in [2.05, 4.69) is 20.9 Å². The van der Waals surface area contributed by atoms with Gasteiger partial charge >= 0.3 is 0 Å². The summed E-state index contributed by atoms with van der Waals surface area (Å²) in [5.41, 5.74) is 0. The number of aliphatic imine (C=N–C) groups is 1. The first-order valence-electron chi connectivity index (χ1n) is 3.88. The van der Waals surface area contributed by atoms with Gasteiger partial charge in [0.2, 0.25) is 0 Å². The van der Waals surface area contributed by atoms with Gasteiger partial charge in [-0.2, -0.15) is 0 Å². The van der Waals surface area contributed by atoms with Crippen LogP contribution < -0.4 is 0 Å². The van der Waals surface area contributed by atoms with E-state index in [1.807, 2.05) is 12.4 Å². The van der Waals surface area contributed by atoms with Gasteiger partial charge in [-0.25, -0.2) is 0 Å². The third-order valence-corrected chi connectivity index (χ3v) is 2.28. The van der Waals surface area contributed by atoms with Crippen LogP contribution in [0.25, 0.3) is 0 Å². The summed E-state index contributed by atoms with van der Waals surface area (Å²) in [4.78, 5) is 4.06. The average Bonchev–Trinajstić information content (AvgIpc) is 2.71. The van der Waals surface area contributed by atoms with Crippen molar-refractivity contribution in [3.05, 3.63) is 10.7 Å². The summed E-state index contributed by atoms with van der Waals surface area (Å²) in [5.74, 6) is 0. The number of rotatable bonds is 2. The maximum Gasteiger partial charge on any atom is 0.0975 e. The molecule has 2 rings (SSSR count). The monoisotopic (exact) mass is 215 g/mol. The first kappa shape index (κ1) is 7.50. The van der Waals surface area contributed by atoms with Crippen molar-refractivity contribution in [3.63, 3.8) is 0 Å². The zero-order valence-electron chi connectivity index (χ0n) is 6.16. The van der Waals surface area contributed by atoms with Gasteiger partial charge in [0, 0.05) is 23.3 Å². The maximum absolute atomic E-state index is 5.65. The molecule has 0 radical (unpaired) electrons. The van der Waals surface area contributed by atoms with E-state index in [9.17, 15) is 0 Å². The Bertz CT molecular complexity index is 208. The van der Waals surface area contributed by atoms with Crippen molar-refractivity contribution in [2.24, 2.45) is 4.99 Å². The first-order chi connectivity index (χ1) is 5.34. The van der Waals surface area contributed by atoms with Gasteiger partial charge in [-0.05, 0) is 12.8 Å². The van der Waals surface area contributed by atoms with Gasteiger partial charge in [-0.1, -0.05) is 15.9 Å². The molecule has 0 spiro atoms. The van der Waals surface area contributed by atoms with Crippen LogP contribution in [0.5, 0.6) is 0 Å². The van der Waals surface area contributed by atoms with E-state index in [1.165, 1.54) is 12.8 Å². The van der Waals surface area contributed by atoms with E-state index in [0.717, 1.165) is 10.9 Å². The molecule has 0 aromatic carbocycles. The molecule has 1 aliphatic heterocycles. The molecule has 1 heterocycles. The Balaban J connectivity index is 1.86. The van der Waals surface area contributed by atoms with Crippen molar-refractivity contribution in [1.82, 2.24) is 0 Å². The molecular formula is C8H10BrNO. The Kier molecular flexibility index (Phi) is 2.09. The van der Waals surface area contributed by atoms with Gasteiger partial charge in [-0.15, -0.1) is 0 Å². The Hall–Kier alpha value is -0.150. The van der Waals surface area contributed by atoms with Gasteiger partial charge in [0.1, 0.15) is 0 Å². The van der Waals surface area contributed by atoms with E-state index in [0.29, 0.717) is 6.10 Å². The predicted molar refractivity (Wildman–Crippen MR) is 48.0 cm³/mol. The molecule has 0 aromatic rings. The second-order valence-corrected chi connectivity index (χ2v) is 3.97. The molecule has 1 unspecified atom stereocenters. The van der Waals surface area contributed by atoms with Crippen molar-refractivity contribution in [2.75, 3.05) is 0 Å². The number of nitrogens with zero attached hydrogens (tertiary/aromatic N) is 1. The lowest BCUT2D eigenvalue weighted by Crippen LogP contribution is -2.17. The van der Waals surface area contributed by atoms with Gasteiger partial charge < -0.3 is 4.74 Å². The standard InChI is InChI=1S/C8H10BrNO/c9-6-3-8(5-10-4-6)11-7-1-2-7/h4-5,7-8H,1-3H2. The van der Waals surface area contributed by atoms with Gasteiger partial charge in [0.15, 0.2) is 0 Å². The van der Waals surface area contributed by atoms with Crippen molar-refractivity contribution >= 4 is 22.1 Å². The normalized spacial score (nSPS) is 30.3. The van der Waals surface area contributed by atoms with Crippen LogP contribution in [0.4, 0.5) is 0 Å². The quantitative estimate of drug-likeness (QED) is 0.693. The molecule has 2 aliphatic rings. The molecule has 0 saturated heterocycles. The van der Waals surface area contributed by atoms with E-state index in [-0.39, 0.29) is 6.10 Å². The van der Waals surface area contributed by atoms with Crippen LogP contribution in [0.2, 0.25) is 0 Å². The highest BCUT2D eigenvalue weighted by Crippen LogP contribution is 2.28. The number of ether oxygens (including phenoxy) is 1. The van der Waals surface area contributed by atoms with E-state index >= 15 is 0 Å². The number of halogens is 1. The Morgan fingerprint density at radius 3 is 3.00 bits per heavy atom. The van der Waals surface area contributed by atoms with Crippen LogP contribution in [-0.4, -0.2) is 18.4 Å². The maximum atomic E-state index is 5.65. The summed E-state index contributed by atoms with van der Waals surface area (Å²) < 4.78 is 6.78. The lowest BCUT2D eigenvalue weighted by molar-refractivity contribution is 0.0873. The summed E-state index contributed by atoms with van der Waals surface area (Å²) in [6.07, 6.45) is 7.83. The van der Waals surface area contributed by atoms with E-state index < -0.39 is 0 Å². The molecule has 11 heavy (non-hydrogen) atoms. The zero-order valence-corrected chi connectivity index (χ0v) is 7.75. The van der Waals surface area contributed by atoms with Crippen molar-refractivity contribution in [2.45, 2.75) is 31.5 Å². The fraction of sp³-hybridized carbons (Fsp3) is 0.625. The van der Waals surface area contributed by atoms with Gasteiger partial charge in [0.25, 0.3) is 0 Å². The minimum atomic E-state index is 0.210. The molecule has 2 nitrogen and oxygen atoms in total. The topological polar surface area (TPSA) is 21.6 Å². The molecule has 0 N–H and O–H groups in total. The number of hydrogen-bond acceptors (Lipinski definition) is 2. The molecule has 0 amide bonds. The molecule has 0 aromatic heterocycles. The summed E-state index contributed by atoms with van der Waals surface area (Å²) >= 11 is 3.41. The smallest absolute Gasteiger partial charge is 0.0975 e. The molecule has 1 atom stereocenters. The van der Waals surface area contributed by atoms with Crippen LogP contribution in [0.3, 0.4) is 0 Å². The third-order valence-electron chi connectivity index (χ3n) is 1.75. The second kappa shape index (κ2) is 3.07. The largest absolute Gasteiger partial charge is 0.369 e. The predicted octanol–water partition coefficient (Wildman–Crippen LogP) is 2.24. The highest BCUT2D eigenvalue weighted by molar-refractivity contribution is 9.11. The molecule has 1 fully saturated rings. The van der Waals surface area contributed by atoms with Crippen molar-refractivity contribution in [3.8, 4) is 0 Å². The lowest BCUT2D eigenvalue weighted by atomic mass is 10.2. The molecule has 0 bridgehead atoms. The average molecular weight is 216 g/mol. The Labute approximate surface area is 74.5 Å². The minimum absolute atomic E-state index is 0.210. The zero-order chi connectivity index (χ0) is 7.68. The van der Waals surface area contributed by atoms with Crippen LogP contribution >= 0.6 is 15.9 Å².